The Morgan fingerprint density at radius 2 is 2.33 bits per heavy atom. The van der Waals surface area contributed by atoms with Crippen LogP contribution in [0.25, 0.3) is 0 Å². The molecule has 1 atom stereocenters. The summed E-state index contributed by atoms with van der Waals surface area (Å²) in [4.78, 5) is 0. The highest BCUT2D eigenvalue weighted by atomic mass is 35.5. The lowest BCUT2D eigenvalue weighted by molar-refractivity contribution is 0.579. The predicted molar refractivity (Wildman–Crippen MR) is 56.6 cm³/mol. The number of terminal acetylenes is 1. The van der Waals surface area contributed by atoms with E-state index in [2.05, 4.69) is 11.2 Å². The molecule has 1 rings (SSSR count). The van der Waals surface area contributed by atoms with Crippen LogP contribution in [-0.4, -0.2) is 6.54 Å². The summed E-state index contributed by atoms with van der Waals surface area (Å²) in [6, 6.07) is 5.65. The maximum Gasteiger partial charge on any atom is 0.147 e. The molecule has 0 fully saturated rings. The molecule has 0 aliphatic carbocycles. The minimum absolute atomic E-state index is 0.00439. The first-order valence-corrected chi connectivity index (χ1v) is 4.59. The van der Waals surface area contributed by atoms with Gasteiger partial charge in [0.25, 0.3) is 0 Å². The van der Waals surface area contributed by atoms with Crippen LogP contribution in [0.3, 0.4) is 0 Å². The van der Waals surface area contributed by atoms with E-state index in [9.17, 15) is 4.39 Å². The number of benzene rings is 1. The molecular weight excluding hydrogens is 215 g/mol. The maximum absolute atomic E-state index is 13.5. The molecule has 0 saturated heterocycles. The third-order valence-electron chi connectivity index (χ3n) is 1.83. The normalized spacial score (nSPS) is 11.5. The van der Waals surface area contributed by atoms with Gasteiger partial charge in [-0.3, -0.25) is 5.32 Å². The van der Waals surface area contributed by atoms with E-state index in [1.807, 2.05) is 6.07 Å². The summed E-state index contributed by atoms with van der Waals surface area (Å²) in [7, 11) is 0. The molecule has 76 valence electrons. The van der Waals surface area contributed by atoms with Crippen LogP contribution in [-0.2, 0) is 0 Å². The monoisotopic (exact) mass is 222 g/mol. The Morgan fingerprint density at radius 1 is 1.60 bits per heavy atom. The summed E-state index contributed by atoms with van der Waals surface area (Å²) >= 11 is 5.60. The SMILES string of the molecule is C#CCNC(C#N)c1cccc(Cl)c1F. The van der Waals surface area contributed by atoms with Crippen LogP contribution < -0.4 is 5.32 Å². The van der Waals surface area contributed by atoms with Gasteiger partial charge in [-0.25, -0.2) is 4.39 Å². The van der Waals surface area contributed by atoms with Crippen LogP contribution in [0.4, 0.5) is 4.39 Å². The highest BCUT2D eigenvalue weighted by Crippen LogP contribution is 2.22. The summed E-state index contributed by atoms with van der Waals surface area (Å²) in [6.07, 6.45) is 5.04. The first kappa shape index (κ1) is 11.5. The number of nitrogens with zero attached hydrogens (tertiary/aromatic N) is 1. The second-order valence-corrected chi connectivity index (χ2v) is 3.20. The number of hydrogen-bond acceptors (Lipinski definition) is 2. The Morgan fingerprint density at radius 3 is 2.93 bits per heavy atom. The van der Waals surface area contributed by atoms with Gasteiger partial charge in [0.15, 0.2) is 0 Å². The van der Waals surface area contributed by atoms with Crippen molar-refractivity contribution in [3.05, 3.63) is 34.6 Å². The van der Waals surface area contributed by atoms with Gasteiger partial charge >= 0.3 is 0 Å². The summed E-state index contributed by atoms with van der Waals surface area (Å²) in [6.45, 7) is 0.199. The molecule has 1 unspecified atom stereocenters. The number of hydrogen-bond donors (Lipinski definition) is 1. The lowest BCUT2D eigenvalue weighted by Crippen LogP contribution is -2.21. The summed E-state index contributed by atoms with van der Waals surface area (Å²) < 4.78 is 13.5. The highest BCUT2D eigenvalue weighted by molar-refractivity contribution is 6.30. The van der Waals surface area contributed by atoms with Crippen LogP contribution in [0.15, 0.2) is 18.2 Å². The summed E-state index contributed by atoms with van der Waals surface area (Å²) in [5.74, 6) is 1.73. The molecule has 0 amide bonds. The Bertz CT molecular complexity index is 431. The fraction of sp³-hybridized carbons (Fsp3) is 0.182. The standard InChI is InChI=1S/C11H8ClFN2/c1-2-6-15-10(7-14)8-4-3-5-9(12)11(8)13/h1,3-5,10,15H,6H2. The predicted octanol–water partition coefficient (Wildman–Crippen LogP) is 2.27. The Balaban J connectivity index is 2.99. The molecule has 0 heterocycles. The van der Waals surface area contributed by atoms with Gasteiger partial charge in [0.1, 0.15) is 11.9 Å². The molecule has 0 saturated carbocycles. The van der Waals surface area contributed by atoms with Crippen molar-refractivity contribution in [2.75, 3.05) is 6.54 Å². The third-order valence-corrected chi connectivity index (χ3v) is 2.12. The molecule has 15 heavy (non-hydrogen) atoms. The molecule has 2 nitrogen and oxygen atoms in total. The van der Waals surface area contributed by atoms with E-state index in [4.69, 9.17) is 23.3 Å². The number of rotatable bonds is 3. The molecule has 0 aliphatic heterocycles. The molecule has 0 bridgehead atoms. The van der Waals surface area contributed by atoms with Crippen LogP contribution in [0, 0.1) is 29.5 Å². The van der Waals surface area contributed by atoms with Gasteiger partial charge < -0.3 is 0 Å². The lowest BCUT2D eigenvalue weighted by atomic mass is 10.1. The van der Waals surface area contributed by atoms with Crippen LogP contribution >= 0.6 is 11.6 Å². The fourth-order valence-corrected chi connectivity index (χ4v) is 1.31. The van der Waals surface area contributed by atoms with E-state index in [1.54, 1.807) is 6.07 Å². The molecule has 0 aliphatic rings. The van der Waals surface area contributed by atoms with Crippen molar-refractivity contribution in [2.24, 2.45) is 0 Å². The third kappa shape index (κ3) is 2.70. The van der Waals surface area contributed by atoms with Crippen molar-refractivity contribution in [2.45, 2.75) is 6.04 Å². The second kappa shape index (κ2) is 5.36. The lowest BCUT2D eigenvalue weighted by Gasteiger charge is -2.10. The zero-order valence-electron chi connectivity index (χ0n) is 7.80. The quantitative estimate of drug-likeness (QED) is 0.797. The second-order valence-electron chi connectivity index (χ2n) is 2.79. The molecule has 0 aromatic heterocycles. The first-order chi connectivity index (χ1) is 7.20. The van der Waals surface area contributed by atoms with Gasteiger partial charge in [0.05, 0.1) is 17.6 Å². The van der Waals surface area contributed by atoms with Crippen molar-refractivity contribution < 1.29 is 4.39 Å². The van der Waals surface area contributed by atoms with Gasteiger partial charge in [-0.2, -0.15) is 5.26 Å². The number of nitrogens with one attached hydrogen (secondary N) is 1. The van der Waals surface area contributed by atoms with Crippen molar-refractivity contribution in [3.63, 3.8) is 0 Å². The first-order valence-electron chi connectivity index (χ1n) is 4.21. The topological polar surface area (TPSA) is 35.8 Å². The molecule has 0 spiro atoms. The maximum atomic E-state index is 13.5. The zero-order valence-corrected chi connectivity index (χ0v) is 8.55. The molecule has 1 aromatic rings. The zero-order chi connectivity index (χ0) is 11.3. The fourth-order valence-electron chi connectivity index (χ4n) is 1.13. The van der Waals surface area contributed by atoms with Gasteiger partial charge in [0, 0.05) is 5.56 Å². The van der Waals surface area contributed by atoms with E-state index in [1.165, 1.54) is 12.1 Å². The van der Waals surface area contributed by atoms with E-state index >= 15 is 0 Å². The van der Waals surface area contributed by atoms with E-state index in [0.29, 0.717) is 0 Å². The largest absolute Gasteiger partial charge is 0.287 e. The van der Waals surface area contributed by atoms with Crippen LogP contribution in [0.2, 0.25) is 5.02 Å². The summed E-state index contributed by atoms with van der Waals surface area (Å²) in [5.41, 5.74) is 0.209. The van der Waals surface area contributed by atoms with Gasteiger partial charge in [-0.15, -0.1) is 6.42 Å². The van der Waals surface area contributed by atoms with Gasteiger partial charge in [-0.1, -0.05) is 29.7 Å². The average Bonchev–Trinajstić information content (AvgIpc) is 2.25. The highest BCUT2D eigenvalue weighted by Gasteiger charge is 2.15. The summed E-state index contributed by atoms with van der Waals surface area (Å²) in [5, 5.41) is 11.5. The molecule has 1 N–H and O–H groups in total. The Kier molecular flexibility index (Phi) is 4.12. The van der Waals surface area contributed by atoms with Crippen molar-refractivity contribution in [1.29, 1.82) is 5.26 Å². The smallest absolute Gasteiger partial charge is 0.147 e. The molecule has 1 aromatic carbocycles. The number of nitriles is 1. The van der Waals surface area contributed by atoms with E-state index in [0.717, 1.165) is 0 Å². The molecule has 4 heteroatoms. The van der Waals surface area contributed by atoms with E-state index in [-0.39, 0.29) is 17.1 Å². The minimum Gasteiger partial charge on any atom is -0.287 e. The van der Waals surface area contributed by atoms with Gasteiger partial charge in [0.2, 0.25) is 0 Å². The molecule has 0 radical (unpaired) electrons. The van der Waals surface area contributed by atoms with Crippen LogP contribution in [0.1, 0.15) is 11.6 Å². The Labute approximate surface area is 92.7 Å². The average molecular weight is 223 g/mol. The number of halogens is 2. The molecular formula is C11H8ClFN2. The van der Waals surface area contributed by atoms with Gasteiger partial charge in [-0.05, 0) is 6.07 Å². The van der Waals surface area contributed by atoms with E-state index < -0.39 is 11.9 Å². The van der Waals surface area contributed by atoms with Crippen LogP contribution in [0.5, 0.6) is 0 Å². The van der Waals surface area contributed by atoms with Crippen molar-refractivity contribution in [1.82, 2.24) is 5.32 Å². The van der Waals surface area contributed by atoms with Crippen molar-refractivity contribution >= 4 is 11.6 Å². The Hall–Kier alpha value is -1.55. The van der Waals surface area contributed by atoms with Crippen molar-refractivity contribution in [3.8, 4) is 18.4 Å². The minimum atomic E-state index is -0.778.